The third-order valence-corrected chi connectivity index (χ3v) is 3.20. The molecule has 3 nitrogen and oxygen atoms in total. The van der Waals surface area contributed by atoms with Gasteiger partial charge in [-0.15, -0.1) is 0 Å². The van der Waals surface area contributed by atoms with Gasteiger partial charge in [-0.2, -0.15) is 0 Å². The van der Waals surface area contributed by atoms with Crippen LogP contribution in [0.5, 0.6) is 0 Å². The molecule has 0 aliphatic carbocycles. The molecule has 0 fully saturated rings. The molecule has 0 amide bonds. The summed E-state index contributed by atoms with van der Waals surface area (Å²) in [6.07, 6.45) is 5.80. The fourth-order valence-corrected chi connectivity index (χ4v) is 1.83. The van der Waals surface area contributed by atoms with Gasteiger partial charge in [0.1, 0.15) is 0 Å². The molecule has 1 aromatic heterocycles. The molecule has 1 heterocycles. The third-order valence-electron chi connectivity index (χ3n) is 1.90. The summed E-state index contributed by atoms with van der Waals surface area (Å²) in [5, 5.41) is 0.875. The van der Waals surface area contributed by atoms with Crippen LogP contribution in [0.15, 0.2) is 17.6 Å². The Bertz CT molecular complexity index is 272. The minimum Gasteiger partial charge on any atom is -0.330 e. The van der Waals surface area contributed by atoms with Gasteiger partial charge in [0.15, 0.2) is 5.16 Å². The monoisotopic (exact) mass is 225 g/mol. The van der Waals surface area contributed by atoms with E-state index in [1.807, 2.05) is 12.4 Å². The quantitative estimate of drug-likeness (QED) is 0.595. The van der Waals surface area contributed by atoms with E-state index >= 15 is 0 Å². The first-order chi connectivity index (χ1) is 7.22. The molecule has 0 aromatic carbocycles. The van der Waals surface area contributed by atoms with Crippen molar-refractivity contribution in [1.82, 2.24) is 9.97 Å². The third kappa shape index (κ3) is 5.14. The van der Waals surface area contributed by atoms with E-state index in [2.05, 4.69) is 23.8 Å². The van der Waals surface area contributed by atoms with Crippen LogP contribution >= 0.6 is 11.8 Å². The first-order valence-electron chi connectivity index (χ1n) is 5.36. The molecule has 0 radical (unpaired) electrons. The van der Waals surface area contributed by atoms with Crippen molar-refractivity contribution in [3.8, 4) is 0 Å². The first-order valence-corrected chi connectivity index (χ1v) is 6.34. The summed E-state index contributed by atoms with van der Waals surface area (Å²) in [5.74, 6) is 1.75. The molecular formula is C11H19N3S. The van der Waals surface area contributed by atoms with E-state index in [4.69, 9.17) is 5.73 Å². The van der Waals surface area contributed by atoms with Crippen molar-refractivity contribution >= 4 is 11.8 Å². The Labute approximate surface area is 95.9 Å². The molecule has 0 atom stereocenters. The molecule has 0 saturated carbocycles. The van der Waals surface area contributed by atoms with Crippen molar-refractivity contribution in [2.45, 2.75) is 31.8 Å². The van der Waals surface area contributed by atoms with Crippen molar-refractivity contribution in [2.75, 3.05) is 12.3 Å². The fraction of sp³-hybridized carbons (Fsp3) is 0.636. The van der Waals surface area contributed by atoms with Crippen LogP contribution in [0, 0.1) is 5.92 Å². The second-order valence-corrected chi connectivity index (χ2v) is 4.96. The highest BCUT2D eigenvalue weighted by Gasteiger charge is 2.00. The lowest BCUT2D eigenvalue weighted by atomic mass is 10.2. The van der Waals surface area contributed by atoms with Crippen LogP contribution in [-0.2, 0) is 6.42 Å². The van der Waals surface area contributed by atoms with Gasteiger partial charge in [-0.05, 0) is 30.9 Å². The van der Waals surface area contributed by atoms with E-state index in [1.54, 1.807) is 11.8 Å². The molecule has 0 bridgehead atoms. The molecule has 0 saturated heterocycles. The Morgan fingerprint density at radius 3 is 2.53 bits per heavy atom. The highest BCUT2D eigenvalue weighted by molar-refractivity contribution is 7.99. The number of thioether (sulfide) groups is 1. The molecule has 1 aromatic rings. The van der Waals surface area contributed by atoms with Crippen LogP contribution in [0.2, 0.25) is 0 Å². The van der Waals surface area contributed by atoms with Gasteiger partial charge in [0, 0.05) is 18.1 Å². The molecule has 0 aliphatic heterocycles. The summed E-state index contributed by atoms with van der Waals surface area (Å²) in [7, 11) is 0. The average Bonchev–Trinajstić information content (AvgIpc) is 2.25. The molecule has 4 heteroatoms. The lowest BCUT2D eigenvalue weighted by Gasteiger charge is -2.03. The van der Waals surface area contributed by atoms with Crippen LogP contribution in [0.3, 0.4) is 0 Å². The Morgan fingerprint density at radius 2 is 2.00 bits per heavy atom. The topological polar surface area (TPSA) is 51.8 Å². The van der Waals surface area contributed by atoms with Crippen LogP contribution < -0.4 is 5.73 Å². The molecule has 0 spiro atoms. The smallest absolute Gasteiger partial charge is 0.187 e. The standard InChI is InChI=1S/C11H19N3S/c1-9(2)8-15-11-13-6-10(7-14-11)4-3-5-12/h6-7,9H,3-5,8,12H2,1-2H3. The highest BCUT2D eigenvalue weighted by Crippen LogP contribution is 2.15. The maximum Gasteiger partial charge on any atom is 0.187 e. The molecule has 2 N–H and O–H groups in total. The Kier molecular flexibility index (Phi) is 5.65. The summed E-state index contributed by atoms with van der Waals surface area (Å²) in [4.78, 5) is 8.63. The molecule has 0 aliphatic rings. The van der Waals surface area contributed by atoms with Crippen molar-refractivity contribution in [3.63, 3.8) is 0 Å². The predicted octanol–water partition coefficient (Wildman–Crippen LogP) is 2.12. The lowest BCUT2D eigenvalue weighted by Crippen LogP contribution is -2.01. The van der Waals surface area contributed by atoms with Crippen LogP contribution in [0.4, 0.5) is 0 Å². The number of hydrogen-bond donors (Lipinski definition) is 1. The van der Waals surface area contributed by atoms with E-state index in [1.165, 1.54) is 5.56 Å². The highest BCUT2D eigenvalue weighted by atomic mass is 32.2. The van der Waals surface area contributed by atoms with Gasteiger partial charge in [-0.1, -0.05) is 25.6 Å². The second kappa shape index (κ2) is 6.80. The summed E-state index contributed by atoms with van der Waals surface area (Å²) in [6.45, 7) is 5.12. The summed E-state index contributed by atoms with van der Waals surface area (Å²) >= 11 is 1.71. The zero-order chi connectivity index (χ0) is 11.1. The van der Waals surface area contributed by atoms with Gasteiger partial charge < -0.3 is 5.73 Å². The van der Waals surface area contributed by atoms with E-state index in [9.17, 15) is 0 Å². The molecule has 84 valence electrons. The normalized spacial score (nSPS) is 10.9. The molecule has 1 rings (SSSR count). The van der Waals surface area contributed by atoms with Crippen LogP contribution in [0.25, 0.3) is 0 Å². The molecule has 15 heavy (non-hydrogen) atoms. The van der Waals surface area contributed by atoms with Gasteiger partial charge in [0.05, 0.1) is 0 Å². The average molecular weight is 225 g/mol. The predicted molar refractivity (Wildman–Crippen MR) is 65.0 cm³/mol. The largest absolute Gasteiger partial charge is 0.330 e. The van der Waals surface area contributed by atoms with E-state index in [-0.39, 0.29) is 0 Å². The number of aromatic nitrogens is 2. The second-order valence-electron chi connectivity index (χ2n) is 3.97. The van der Waals surface area contributed by atoms with E-state index in [0.29, 0.717) is 5.92 Å². The van der Waals surface area contributed by atoms with Crippen molar-refractivity contribution in [1.29, 1.82) is 0 Å². The van der Waals surface area contributed by atoms with Gasteiger partial charge in [0.25, 0.3) is 0 Å². The maximum absolute atomic E-state index is 5.44. The summed E-state index contributed by atoms with van der Waals surface area (Å²) in [5.41, 5.74) is 6.62. The number of hydrogen-bond acceptors (Lipinski definition) is 4. The fourth-order valence-electron chi connectivity index (χ4n) is 1.09. The zero-order valence-corrected chi connectivity index (χ0v) is 10.3. The van der Waals surface area contributed by atoms with Crippen molar-refractivity contribution < 1.29 is 0 Å². The minimum atomic E-state index is 0.676. The number of aryl methyl sites for hydroxylation is 1. The number of nitrogens with two attached hydrogens (primary N) is 1. The van der Waals surface area contributed by atoms with Crippen molar-refractivity contribution in [3.05, 3.63) is 18.0 Å². The Balaban J connectivity index is 2.41. The molecule has 0 unspecified atom stereocenters. The number of rotatable bonds is 6. The first kappa shape index (κ1) is 12.5. The van der Waals surface area contributed by atoms with Gasteiger partial charge in [0.2, 0.25) is 0 Å². The van der Waals surface area contributed by atoms with E-state index < -0.39 is 0 Å². The van der Waals surface area contributed by atoms with Gasteiger partial charge in [-0.3, -0.25) is 0 Å². The Morgan fingerprint density at radius 1 is 1.33 bits per heavy atom. The van der Waals surface area contributed by atoms with E-state index in [0.717, 1.165) is 30.3 Å². The Hall–Kier alpha value is -0.610. The van der Waals surface area contributed by atoms with Crippen LogP contribution in [-0.4, -0.2) is 22.3 Å². The van der Waals surface area contributed by atoms with Crippen LogP contribution in [0.1, 0.15) is 25.8 Å². The van der Waals surface area contributed by atoms with Gasteiger partial charge in [-0.25, -0.2) is 9.97 Å². The SMILES string of the molecule is CC(C)CSc1ncc(CCCN)cn1. The maximum atomic E-state index is 5.44. The lowest BCUT2D eigenvalue weighted by molar-refractivity contribution is 0.747. The zero-order valence-electron chi connectivity index (χ0n) is 9.44. The number of nitrogens with zero attached hydrogens (tertiary/aromatic N) is 2. The molecular weight excluding hydrogens is 206 g/mol. The summed E-state index contributed by atoms with van der Waals surface area (Å²) < 4.78 is 0. The minimum absolute atomic E-state index is 0.676. The summed E-state index contributed by atoms with van der Waals surface area (Å²) in [6, 6.07) is 0. The van der Waals surface area contributed by atoms with Gasteiger partial charge >= 0.3 is 0 Å². The van der Waals surface area contributed by atoms with Crippen molar-refractivity contribution in [2.24, 2.45) is 11.7 Å².